The fraction of sp³-hybridized carbons (Fsp3) is 0.158. The van der Waals surface area contributed by atoms with Crippen molar-refractivity contribution >= 4 is 5.91 Å². The maximum Gasteiger partial charge on any atom is 0.238 e. The number of hydrogen-bond acceptors (Lipinski definition) is 3. The summed E-state index contributed by atoms with van der Waals surface area (Å²) in [6, 6.07) is 21.2. The number of nitrogens with zero attached hydrogens (tertiary/aromatic N) is 1. The lowest BCUT2D eigenvalue weighted by Gasteiger charge is -2.18. The monoisotopic (exact) mass is 304 g/mol. The van der Waals surface area contributed by atoms with E-state index in [2.05, 4.69) is 11.4 Å². The van der Waals surface area contributed by atoms with Crippen molar-refractivity contribution in [3.63, 3.8) is 0 Å². The summed E-state index contributed by atoms with van der Waals surface area (Å²) in [6.45, 7) is 0.430. The minimum atomic E-state index is -0.450. The lowest BCUT2D eigenvalue weighted by molar-refractivity contribution is -0.121. The Bertz CT molecular complexity index is 721. The number of hydrogen-bond donors (Lipinski definition) is 1. The number of benzene rings is 2. The van der Waals surface area contributed by atoms with Gasteiger partial charge < -0.3 is 4.74 Å². The molecule has 0 saturated heterocycles. The van der Waals surface area contributed by atoms with Gasteiger partial charge in [0.25, 0.3) is 0 Å². The first-order valence-electron chi connectivity index (χ1n) is 7.46. The Morgan fingerprint density at radius 3 is 2.13 bits per heavy atom. The zero-order chi connectivity index (χ0) is 16.1. The van der Waals surface area contributed by atoms with E-state index >= 15 is 0 Å². The quantitative estimate of drug-likeness (QED) is 0.944. The topological polar surface area (TPSA) is 62.1 Å². The van der Waals surface area contributed by atoms with Crippen molar-refractivity contribution in [2.75, 3.05) is 6.61 Å². The fourth-order valence-electron chi connectivity index (χ4n) is 2.64. The number of carbonyl (C=O) groups is 1. The van der Waals surface area contributed by atoms with Crippen LogP contribution in [0.3, 0.4) is 0 Å². The van der Waals surface area contributed by atoms with Gasteiger partial charge >= 0.3 is 0 Å². The van der Waals surface area contributed by atoms with Crippen LogP contribution in [-0.2, 0) is 9.53 Å². The second-order valence-electron chi connectivity index (χ2n) is 5.26. The summed E-state index contributed by atoms with van der Waals surface area (Å²) in [6.07, 6.45) is 0.535. The molecule has 0 fully saturated rings. The molecule has 114 valence electrons. The van der Waals surface area contributed by atoms with Gasteiger partial charge in [-0.1, -0.05) is 60.7 Å². The Hall–Kier alpha value is -3.06. The van der Waals surface area contributed by atoms with Crippen LogP contribution >= 0.6 is 0 Å². The van der Waals surface area contributed by atoms with Crippen molar-refractivity contribution in [2.24, 2.45) is 0 Å². The van der Waals surface area contributed by atoms with Crippen molar-refractivity contribution in [3.05, 3.63) is 83.2 Å². The SMILES string of the molecule is N#CC1=C(NC(=O)C(c2ccccc2)c2ccccc2)OCC1. The molecule has 4 nitrogen and oxygen atoms in total. The third-order valence-electron chi connectivity index (χ3n) is 3.77. The van der Waals surface area contributed by atoms with Crippen LogP contribution in [0.2, 0.25) is 0 Å². The summed E-state index contributed by atoms with van der Waals surface area (Å²) in [5.74, 6) is -0.365. The van der Waals surface area contributed by atoms with Crippen molar-refractivity contribution in [3.8, 4) is 6.07 Å². The maximum atomic E-state index is 12.8. The van der Waals surface area contributed by atoms with Gasteiger partial charge in [0.2, 0.25) is 11.8 Å². The van der Waals surface area contributed by atoms with Crippen molar-refractivity contribution in [1.82, 2.24) is 5.32 Å². The fourth-order valence-corrected chi connectivity index (χ4v) is 2.64. The van der Waals surface area contributed by atoms with E-state index in [9.17, 15) is 4.79 Å². The summed E-state index contributed by atoms with van der Waals surface area (Å²) < 4.78 is 5.37. The zero-order valence-corrected chi connectivity index (χ0v) is 12.5. The van der Waals surface area contributed by atoms with Crippen LogP contribution in [0.25, 0.3) is 0 Å². The Morgan fingerprint density at radius 1 is 1.04 bits per heavy atom. The average molecular weight is 304 g/mol. The Balaban J connectivity index is 1.93. The van der Waals surface area contributed by atoms with Crippen LogP contribution in [0, 0.1) is 11.3 Å². The summed E-state index contributed by atoms with van der Waals surface area (Å²) in [7, 11) is 0. The smallest absolute Gasteiger partial charge is 0.238 e. The molecule has 0 aliphatic carbocycles. The largest absolute Gasteiger partial charge is 0.478 e. The van der Waals surface area contributed by atoms with Crippen LogP contribution < -0.4 is 5.32 Å². The number of ether oxygens (including phenoxy) is 1. The summed E-state index contributed by atoms with van der Waals surface area (Å²) in [5, 5.41) is 11.9. The van der Waals surface area contributed by atoms with E-state index in [1.54, 1.807) is 0 Å². The second-order valence-corrected chi connectivity index (χ2v) is 5.26. The number of rotatable bonds is 4. The standard InChI is InChI=1S/C19H16N2O2/c20-13-16-11-12-23-19(16)21-18(22)17(14-7-3-1-4-8-14)15-9-5-2-6-10-15/h1-10,17H,11-12H2,(H,21,22). The molecule has 1 aliphatic rings. The first-order chi connectivity index (χ1) is 11.3. The molecular weight excluding hydrogens is 288 g/mol. The predicted octanol–water partition coefficient (Wildman–Crippen LogP) is 3.09. The van der Waals surface area contributed by atoms with Gasteiger partial charge in [-0.15, -0.1) is 0 Å². The van der Waals surface area contributed by atoms with Crippen LogP contribution in [-0.4, -0.2) is 12.5 Å². The van der Waals surface area contributed by atoms with Crippen molar-refractivity contribution in [1.29, 1.82) is 5.26 Å². The molecule has 2 aromatic carbocycles. The van der Waals surface area contributed by atoms with Crippen LogP contribution in [0.15, 0.2) is 72.1 Å². The molecule has 3 rings (SSSR count). The van der Waals surface area contributed by atoms with Gasteiger partial charge in [0.05, 0.1) is 18.1 Å². The van der Waals surface area contributed by atoms with Gasteiger partial charge in [-0.25, -0.2) is 0 Å². The van der Waals surface area contributed by atoms with E-state index in [0.717, 1.165) is 11.1 Å². The lowest BCUT2D eigenvalue weighted by atomic mass is 9.90. The molecule has 0 bridgehead atoms. The average Bonchev–Trinajstić information content (AvgIpc) is 3.04. The molecule has 2 aromatic rings. The highest BCUT2D eigenvalue weighted by atomic mass is 16.5. The van der Waals surface area contributed by atoms with Crippen LogP contribution in [0.1, 0.15) is 23.5 Å². The van der Waals surface area contributed by atoms with Crippen molar-refractivity contribution in [2.45, 2.75) is 12.3 Å². The van der Waals surface area contributed by atoms with Gasteiger partial charge in [0.15, 0.2) is 0 Å². The minimum absolute atomic E-state index is 0.202. The van der Waals surface area contributed by atoms with E-state index in [0.29, 0.717) is 18.6 Å². The zero-order valence-electron chi connectivity index (χ0n) is 12.5. The minimum Gasteiger partial charge on any atom is -0.478 e. The summed E-state index contributed by atoms with van der Waals surface area (Å²) >= 11 is 0. The van der Waals surface area contributed by atoms with Gasteiger partial charge in [-0.2, -0.15) is 5.26 Å². The molecule has 0 unspecified atom stereocenters. The molecule has 1 N–H and O–H groups in total. The molecule has 0 saturated carbocycles. The van der Waals surface area contributed by atoms with E-state index in [1.807, 2.05) is 60.7 Å². The van der Waals surface area contributed by atoms with E-state index in [-0.39, 0.29) is 11.8 Å². The van der Waals surface area contributed by atoms with Gasteiger partial charge in [-0.05, 0) is 11.1 Å². The highest BCUT2D eigenvalue weighted by molar-refractivity contribution is 5.88. The number of nitriles is 1. The molecule has 0 radical (unpaired) electrons. The highest BCUT2D eigenvalue weighted by Crippen LogP contribution is 2.26. The molecule has 4 heteroatoms. The van der Waals surface area contributed by atoms with Crippen LogP contribution in [0.4, 0.5) is 0 Å². The van der Waals surface area contributed by atoms with Crippen LogP contribution in [0.5, 0.6) is 0 Å². The predicted molar refractivity (Wildman–Crippen MR) is 86.1 cm³/mol. The summed E-state index contributed by atoms with van der Waals surface area (Å²) in [5.41, 5.74) is 2.28. The molecule has 1 amide bonds. The first kappa shape index (κ1) is 14.9. The molecule has 0 atom stereocenters. The molecule has 1 aliphatic heterocycles. The normalized spacial score (nSPS) is 13.6. The molecule has 1 heterocycles. The number of carbonyl (C=O) groups excluding carboxylic acids is 1. The first-order valence-corrected chi connectivity index (χ1v) is 7.46. The van der Waals surface area contributed by atoms with Gasteiger partial charge in [0.1, 0.15) is 6.07 Å². The van der Waals surface area contributed by atoms with E-state index in [4.69, 9.17) is 10.00 Å². The summed E-state index contributed by atoms with van der Waals surface area (Å²) in [4.78, 5) is 12.8. The Labute approximate surface area is 135 Å². The third-order valence-corrected chi connectivity index (χ3v) is 3.77. The Kier molecular flexibility index (Phi) is 4.39. The second kappa shape index (κ2) is 6.80. The number of amides is 1. The van der Waals surface area contributed by atoms with Gasteiger partial charge in [0, 0.05) is 6.42 Å². The maximum absolute atomic E-state index is 12.8. The molecule has 23 heavy (non-hydrogen) atoms. The third kappa shape index (κ3) is 3.24. The van der Waals surface area contributed by atoms with E-state index in [1.165, 1.54) is 0 Å². The van der Waals surface area contributed by atoms with E-state index < -0.39 is 5.92 Å². The van der Waals surface area contributed by atoms with Gasteiger partial charge in [-0.3, -0.25) is 10.1 Å². The molecular formula is C19H16N2O2. The molecule has 0 aromatic heterocycles. The highest BCUT2D eigenvalue weighted by Gasteiger charge is 2.26. The molecule has 0 spiro atoms. The lowest BCUT2D eigenvalue weighted by Crippen LogP contribution is -2.30. The number of nitrogens with one attached hydrogen (secondary N) is 1. The van der Waals surface area contributed by atoms with Crippen molar-refractivity contribution < 1.29 is 9.53 Å². The Morgan fingerprint density at radius 2 is 1.61 bits per heavy atom.